The zero-order valence-corrected chi connectivity index (χ0v) is 17.0. The number of rotatable bonds is 6. The van der Waals surface area contributed by atoms with Crippen molar-refractivity contribution in [2.45, 2.75) is 12.5 Å². The standard InChI is InChI=1S/C23H27N3O4/c27-22(17-26-20-8-4-5-9-21(20)30-13-10-23(26)28)24-19(18-6-2-1-3-7-18)16-25-11-14-29-15-12-25/h1-9,19H,10-17H2,(H,24,27). The molecule has 2 aliphatic rings. The van der Waals surface area contributed by atoms with E-state index in [0.29, 0.717) is 37.8 Å². The number of benzene rings is 2. The van der Waals surface area contributed by atoms with Gasteiger partial charge in [0.25, 0.3) is 0 Å². The summed E-state index contributed by atoms with van der Waals surface area (Å²) in [5.41, 5.74) is 1.68. The summed E-state index contributed by atoms with van der Waals surface area (Å²) in [4.78, 5) is 29.5. The van der Waals surface area contributed by atoms with E-state index in [-0.39, 0.29) is 30.8 Å². The van der Waals surface area contributed by atoms with Crippen LogP contribution in [0.2, 0.25) is 0 Å². The van der Waals surface area contributed by atoms with E-state index in [0.717, 1.165) is 18.7 Å². The van der Waals surface area contributed by atoms with E-state index in [1.807, 2.05) is 54.6 Å². The molecular formula is C23H27N3O4. The van der Waals surface area contributed by atoms with Crippen molar-refractivity contribution in [1.29, 1.82) is 0 Å². The molecule has 0 aliphatic carbocycles. The molecule has 2 aromatic rings. The molecule has 2 amide bonds. The molecule has 1 N–H and O–H groups in total. The zero-order chi connectivity index (χ0) is 20.8. The van der Waals surface area contributed by atoms with Crippen LogP contribution < -0.4 is 15.0 Å². The van der Waals surface area contributed by atoms with E-state index in [4.69, 9.17) is 9.47 Å². The molecule has 2 heterocycles. The van der Waals surface area contributed by atoms with Crippen molar-refractivity contribution in [2.75, 3.05) is 50.9 Å². The summed E-state index contributed by atoms with van der Waals surface area (Å²) in [5, 5.41) is 3.14. The number of morpholine rings is 1. The molecule has 0 saturated carbocycles. The maximum atomic E-state index is 13.0. The number of para-hydroxylation sites is 2. The first-order valence-electron chi connectivity index (χ1n) is 10.4. The SMILES string of the molecule is O=C(CN1C(=O)CCOc2ccccc21)NC(CN1CCOCC1)c1ccccc1. The van der Waals surface area contributed by atoms with E-state index in [1.165, 1.54) is 4.90 Å². The Morgan fingerprint density at radius 2 is 1.73 bits per heavy atom. The minimum Gasteiger partial charge on any atom is -0.491 e. The molecular weight excluding hydrogens is 382 g/mol. The Labute approximate surface area is 176 Å². The Morgan fingerprint density at radius 1 is 1.00 bits per heavy atom. The van der Waals surface area contributed by atoms with Crippen LogP contribution in [0.5, 0.6) is 5.75 Å². The van der Waals surface area contributed by atoms with Crippen molar-refractivity contribution < 1.29 is 19.1 Å². The number of amides is 2. The first-order valence-corrected chi connectivity index (χ1v) is 10.4. The van der Waals surface area contributed by atoms with Crippen LogP contribution in [0.3, 0.4) is 0 Å². The van der Waals surface area contributed by atoms with Crippen LogP contribution in [0.4, 0.5) is 5.69 Å². The third kappa shape index (κ3) is 4.98. The zero-order valence-electron chi connectivity index (χ0n) is 17.0. The third-order valence-corrected chi connectivity index (χ3v) is 5.41. The molecule has 30 heavy (non-hydrogen) atoms. The molecule has 1 saturated heterocycles. The first-order chi connectivity index (χ1) is 14.7. The predicted molar refractivity (Wildman–Crippen MR) is 113 cm³/mol. The maximum absolute atomic E-state index is 13.0. The van der Waals surface area contributed by atoms with Crippen molar-refractivity contribution in [2.24, 2.45) is 0 Å². The normalized spacial score (nSPS) is 18.1. The molecule has 4 rings (SSSR count). The molecule has 2 aliphatic heterocycles. The number of hydrogen-bond donors (Lipinski definition) is 1. The van der Waals surface area contributed by atoms with E-state index in [2.05, 4.69) is 10.2 Å². The lowest BCUT2D eigenvalue weighted by Gasteiger charge is -2.31. The smallest absolute Gasteiger partial charge is 0.240 e. The second-order valence-corrected chi connectivity index (χ2v) is 7.49. The van der Waals surface area contributed by atoms with Gasteiger partial charge in [-0.2, -0.15) is 0 Å². The van der Waals surface area contributed by atoms with Crippen LogP contribution in [0.25, 0.3) is 0 Å². The summed E-state index contributed by atoms with van der Waals surface area (Å²) < 4.78 is 11.1. The molecule has 1 fully saturated rings. The summed E-state index contributed by atoms with van der Waals surface area (Å²) in [6.07, 6.45) is 0.248. The highest BCUT2D eigenvalue weighted by atomic mass is 16.5. The van der Waals surface area contributed by atoms with Gasteiger partial charge in [-0.25, -0.2) is 0 Å². The Kier molecular flexibility index (Phi) is 6.61. The largest absolute Gasteiger partial charge is 0.491 e. The van der Waals surface area contributed by atoms with Crippen molar-refractivity contribution >= 4 is 17.5 Å². The highest BCUT2D eigenvalue weighted by Crippen LogP contribution is 2.30. The average molecular weight is 409 g/mol. The number of ether oxygens (including phenoxy) is 2. The predicted octanol–water partition coefficient (Wildman–Crippen LogP) is 1.99. The van der Waals surface area contributed by atoms with Crippen LogP contribution in [0.15, 0.2) is 54.6 Å². The summed E-state index contributed by atoms with van der Waals surface area (Å²) in [6.45, 7) is 4.07. The van der Waals surface area contributed by atoms with Crippen molar-refractivity contribution in [1.82, 2.24) is 10.2 Å². The van der Waals surface area contributed by atoms with Gasteiger partial charge in [0.2, 0.25) is 11.8 Å². The molecule has 158 valence electrons. The topological polar surface area (TPSA) is 71.1 Å². The molecule has 0 spiro atoms. The monoisotopic (exact) mass is 409 g/mol. The van der Waals surface area contributed by atoms with Crippen LogP contribution >= 0.6 is 0 Å². The fourth-order valence-corrected chi connectivity index (χ4v) is 3.84. The summed E-state index contributed by atoms with van der Waals surface area (Å²) >= 11 is 0. The Bertz CT molecular complexity index is 868. The van der Waals surface area contributed by atoms with Gasteiger partial charge in [0.05, 0.1) is 38.0 Å². The van der Waals surface area contributed by atoms with Gasteiger partial charge in [0.1, 0.15) is 12.3 Å². The van der Waals surface area contributed by atoms with Crippen LogP contribution in [-0.4, -0.2) is 62.7 Å². The Morgan fingerprint density at radius 3 is 2.53 bits per heavy atom. The number of hydrogen-bond acceptors (Lipinski definition) is 5. The Hall–Kier alpha value is -2.90. The summed E-state index contributed by atoms with van der Waals surface area (Å²) in [7, 11) is 0. The minimum atomic E-state index is -0.192. The fraction of sp³-hybridized carbons (Fsp3) is 0.391. The lowest BCUT2D eigenvalue weighted by Crippen LogP contribution is -2.46. The first kappa shape index (κ1) is 20.4. The fourth-order valence-electron chi connectivity index (χ4n) is 3.84. The number of fused-ring (bicyclic) bond motifs is 1. The molecule has 7 heteroatoms. The maximum Gasteiger partial charge on any atom is 0.240 e. The highest BCUT2D eigenvalue weighted by molar-refractivity contribution is 6.00. The van der Waals surface area contributed by atoms with Gasteiger partial charge in [0, 0.05) is 19.6 Å². The van der Waals surface area contributed by atoms with Crippen molar-refractivity contribution in [3.05, 3.63) is 60.2 Å². The minimum absolute atomic E-state index is 0.0361. The van der Waals surface area contributed by atoms with E-state index < -0.39 is 0 Å². The number of nitrogens with one attached hydrogen (secondary N) is 1. The van der Waals surface area contributed by atoms with E-state index >= 15 is 0 Å². The Balaban J connectivity index is 1.49. The molecule has 1 atom stereocenters. The van der Waals surface area contributed by atoms with E-state index in [1.54, 1.807) is 0 Å². The van der Waals surface area contributed by atoms with Crippen LogP contribution in [-0.2, 0) is 14.3 Å². The lowest BCUT2D eigenvalue weighted by atomic mass is 10.1. The third-order valence-electron chi connectivity index (χ3n) is 5.41. The van der Waals surface area contributed by atoms with E-state index in [9.17, 15) is 9.59 Å². The molecule has 1 unspecified atom stereocenters. The second kappa shape index (κ2) is 9.73. The molecule has 7 nitrogen and oxygen atoms in total. The number of anilines is 1. The van der Waals surface area contributed by atoms with Crippen molar-refractivity contribution in [3.8, 4) is 5.75 Å². The summed E-state index contributed by atoms with van der Waals surface area (Å²) in [5.74, 6) is 0.325. The number of carbonyl (C=O) groups excluding carboxylic acids is 2. The quantitative estimate of drug-likeness (QED) is 0.790. The second-order valence-electron chi connectivity index (χ2n) is 7.49. The summed E-state index contributed by atoms with van der Waals surface area (Å²) in [6, 6.07) is 17.1. The van der Waals surface area contributed by atoms with Crippen LogP contribution in [0.1, 0.15) is 18.0 Å². The van der Waals surface area contributed by atoms with Gasteiger partial charge in [-0.05, 0) is 17.7 Å². The van der Waals surface area contributed by atoms with Gasteiger partial charge < -0.3 is 14.8 Å². The van der Waals surface area contributed by atoms with Gasteiger partial charge >= 0.3 is 0 Å². The molecule has 2 aromatic carbocycles. The molecule has 0 radical (unpaired) electrons. The molecule has 0 aromatic heterocycles. The van der Waals surface area contributed by atoms with Gasteiger partial charge in [0.15, 0.2) is 0 Å². The number of carbonyl (C=O) groups is 2. The van der Waals surface area contributed by atoms with Crippen LogP contribution in [0, 0.1) is 0 Å². The van der Waals surface area contributed by atoms with Gasteiger partial charge in [-0.1, -0.05) is 42.5 Å². The number of nitrogens with zero attached hydrogens (tertiary/aromatic N) is 2. The van der Waals surface area contributed by atoms with Crippen molar-refractivity contribution in [3.63, 3.8) is 0 Å². The average Bonchev–Trinajstić information content (AvgIpc) is 2.93. The van der Waals surface area contributed by atoms with Gasteiger partial charge in [-0.3, -0.25) is 19.4 Å². The highest BCUT2D eigenvalue weighted by Gasteiger charge is 2.27. The lowest BCUT2D eigenvalue weighted by molar-refractivity contribution is -0.124. The molecule has 0 bridgehead atoms. The van der Waals surface area contributed by atoms with Gasteiger partial charge in [-0.15, -0.1) is 0 Å².